The van der Waals surface area contributed by atoms with Crippen LogP contribution in [-0.2, 0) is 4.79 Å². The second kappa shape index (κ2) is 8.12. The molecule has 0 aliphatic heterocycles. The summed E-state index contributed by atoms with van der Waals surface area (Å²) in [4.78, 5) is 24.2. The SMILES string of the molecule is CCC(=O)Nc1ccc(NC(=O)c2ccccc2-c2ccccc2)cc1. The molecule has 4 nitrogen and oxygen atoms in total. The normalized spacial score (nSPS) is 10.2. The third kappa shape index (κ3) is 4.16. The van der Waals surface area contributed by atoms with Gasteiger partial charge in [0.25, 0.3) is 5.91 Å². The first-order valence-electron chi connectivity index (χ1n) is 8.53. The van der Waals surface area contributed by atoms with Crippen LogP contribution in [0.4, 0.5) is 11.4 Å². The van der Waals surface area contributed by atoms with Crippen molar-refractivity contribution in [3.8, 4) is 11.1 Å². The molecule has 2 N–H and O–H groups in total. The van der Waals surface area contributed by atoms with E-state index >= 15 is 0 Å². The van der Waals surface area contributed by atoms with Crippen molar-refractivity contribution in [2.75, 3.05) is 10.6 Å². The molecule has 4 heteroatoms. The summed E-state index contributed by atoms with van der Waals surface area (Å²) in [7, 11) is 0. The van der Waals surface area contributed by atoms with E-state index in [1.807, 2.05) is 54.6 Å². The molecular formula is C22H20N2O2. The molecule has 0 aromatic heterocycles. The Morgan fingerprint density at radius 1 is 0.731 bits per heavy atom. The molecule has 130 valence electrons. The number of nitrogens with one attached hydrogen (secondary N) is 2. The van der Waals surface area contributed by atoms with E-state index in [4.69, 9.17) is 0 Å². The lowest BCUT2D eigenvalue weighted by atomic mass is 9.99. The summed E-state index contributed by atoms with van der Waals surface area (Å²) in [5.74, 6) is -0.214. The average Bonchev–Trinajstić information content (AvgIpc) is 2.70. The first-order chi connectivity index (χ1) is 12.7. The van der Waals surface area contributed by atoms with Crippen molar-refractivity contribution >= 4 is 23.2 Å². The van der Waals surface area contributed by atoms with Crippen molar-refractivity contribution in [3.05, 3.63) is 84.4 Å². The highest BCUT2D eigenvalue weighted by Crippen LogP contribution is 2.24. The zero-order chi connectivity index (χ0) is 18.4. The van der Waals surface area contributed by atoms with Crippen molar-refractivity contribution in [2.24, 2.45) is 0 Å². The van der Waals surface area contributed by atoms with E-state index in [2.05, 4.69) is 10.6 Å². The number of anilines is 2. The van der Waals surface area contributed by atoms with E-state index in [9.17, 15) is 9.59 Å². The Kier molecular flexibility index (Phi) is 5.44. The first kappa shape index (κ1) is 17.4. The minimum atomic E-state index is -0.171. The average molecular weight is 344 g/mol. The molecular weight excluding hydrogens is 324 g/mol. The van der Waals surface area contributed by atoms with Crippen LogP contribution in [-0.4, -0.2) is 11.8 Å². The lowest BCUT2D eigenvalue weighted by Gasteiger charge is -2.11. The van der Waals surface area contributed by atoms with Gasteiger partial charge in [-0.15, -0.1) is 0 Å². The van der Waals surface area contributed by atoms with Gasteiger partial charge in [0.1, 0.15) is 0 Å². The van der Waals surface area contributed by atoms with Gasteiger partial charge in [-0.3, -0.25) is 9.59 Å². The number of hydrogen-bond donors (Lipinski definition) is 2. The zero-order valence-corrected chi connectivity index (χ0v) is 14.5. The Balaban J connectivity index is 1.78. The van der Waals surface area contributed by atoms with Gasteiger partial charge >= 0.3 is 0 Å². The predicted molar refractivity (Wildman–Crippen MR) is 105 cm³/mol. The maximum atomic E-state index is 12.7. The zero-order valence-electron chi connectivity index (χ0n) is 14.5. The highest BCUT2D eigenvalue weighted by Gasteiger charge is 2.12. The maximum absolute atomic E-state index is 12.7. The fourth-order valence-electron chi connectivity index (χ4n) is 2.64. The molecule has 0 radical (unpaired) electrons. The summed E-state index contributed by atoms with van der Waals surface area (Å²) >= 11 is 0. The fourth-order valence-corrected chi connectivity index (χ4v) is 2.64. The summed E-state index contributed by atoms with van der Waals surface area (Å²) < 4.78 is 0. The summed E-state index contributed by atoms with van der Waals surface area (Å²) in [5.41, 5.74) is 3.88. The lowest BCUT2D eigenvalue weighted by Crippen LogP contribution is -2.13. The molecule has 0 bridgehead atoms. The highest BCUT2D eigenvalue weighted by molar-refractivity contribution is 6.08. The Hall–Kier alpha value is -3.40. The van der Waals surface area contributed by atoms with Crippen molar-refractivity contribution < 1.29 is 9.59 Å². The molecule has 2 amide bonds. The fraction of sp³-hybridized carbons (Fsp3) is 0.0909. The van der Waals surface area contributed by atoms with Gasteiger partial charge < -0.3 is 10.6 Å². The van der Waals surface area contributed by atoms with Crippen molar-refractivity contribution in [2.45, 2.75) is 13.3 Å². The van der Waals surface area contributed by atoms with E-state index in [0.29, 0.717) is 23.4 Å². The molecule has 0 aliphatic carbocycles. The van der Waals surface area contributed by atoms with Gasteiger partial charge in [-0.25, -0.2) is 0 Å². The number of carbonyl (C=O) groups excluding carboxylic acids is 2. The number of amides is 2. The van der Waals surface area contributed by atoms with Gasteiger partial charge in [-0.1, -0.05) is 55.5 Å². The van der Waals surface area contributed by atoms with Crippen molar-refractivity contribution in [1.82, 2.24) is 0 Å². The van der Waals surface area contributed by atoms with Gasteiger partial charge in [-0.2, -0.15) is 0 Å². The van der Waals surface area contributed by atoms with Crippen molar-refractivity contribution in [3.63, 3.8) is 0 Å². The summed E-state index contributed by atoms with van der Waals surface area (Å²) in [5, 5.41) is 5.69. The van der Waals surface area contributed by atoms with Crippen LogP contribution < -0.4 is 10.6 Å². The van der Waals surface area contributed by atoms with E-state index in [0.717, 1.165) is 11.1 Å². The predicted octanol–water partition coefficient (Wildman–Crippen LogP) is 4.95. The van der Waals surface area contributed by atoms with Gasteiger partial charge in [0.15, 0.2) is 0 Å². The van der Waals surface area contributed by atoms with Crippen LogP contribution >= 0.6 is 0 Å². The minimum Gasteiger partial charge on any atom is -0.326 e. The minimum absolute atomic E-state index is 0.0430. The number of carbonyl (C=O) groups is 2. The lowest BCUT2D eigenvalue weighted by molar-refractivity contribution is -0.115. The van der Waals surface area contributed by atoms with E-state index in [-0.39, 0.29) is 11.8 Å². The van der Waals surface area contributed by atoms with E-state index in [1.54, 1.807) is 31.2 Å². The molecule has 0 saturated carbocycles. The number of hydrogen-bond acceptors (Lipinski definition) is 2. The maximum Gasteiger partial charge on any atom is 0.256 e. The Bertz CT molecular complexity index is 903. The quantitative estimate of drug-likeness (QED) is 0.688. The summed E-state index contributed by atoms with van der Waals surface area (Å²) in [6.45, 7) is 1.80. The van der Waals surface area contributed by atoms with Gasteiger partial charge in [-0.05, 0) is 41.5 Å². The van der Waals surface area contributed by atoms with Crippen LogP contribution in [0.25, 0.3) is 11.1 Å². The van der Waals surface area contributed by atoms with E-state index in [1.165, 1.54) is 0 Å². The third-order valence-corrected chi connectivity index (χ3v) is 4.00. The van der Waals surface area contributed by atoms with Crippen LogP contribution in [0, 0.1) is 0 Å². The van der Waals surface area contributed by atoms with E-state index < -0.39 is 0 Å². The number of rotatable bonds is 5. The topological polar surface area (TPSA) is 58.2 Å². The molecule has 0 atom stereocenters. The van der Waals surface area contributed by atoms with Crippen molar-refractivity contribution in [1.29, 1.82) is 0 Å². The first-order valence-corrected chi connectivity index (χ1v) is 8.53. The standard InChI is InChI=1S/C22H20N2O2/c1-2-21(25)23-17-12-14-18(15-13-17)24-22(26)20-11-7-6-10-19(20)16-8-4-3-5-9-16/h3-15H,2H2,1H3,(H,23,25)(H,24,26). The molecule has 0 aliphatic rings. The van der Waals surface area contributed by atoms with Gasteiger partial charge in [0, 0.05) is 23.4 Å². The Morgan fingerprint density at radius 3 is 1.96 bits per heavy atom. The molecule has 0 fully saturated rings. The molecule has 3 aromatic rings. The third-order valence-electron chi connectivity index (χ3n) is 4.00. The van der Waals surface area contributed by atoms with Gasteiger partial charge in [0.05, 0.1) is 0 Å². The molecule has 0 heterocycles. The van der Waals surface area contributed by atoms with Crippen LogP contribution in [0.2, 0.25) is 0 Å². The summed E-state index contributed by atoms with van der Waals surface area (Å²) in [6.07, 6.45) is 0.425. The largest absolute Gasteiger partial charge is 0.326 e. The van der Waals surface area contributed by atoms with Crippen LogP contribution in [0.15, 0.2) is 78.9 Å². The molecule has 3 rings (SSSR count). The second-order valence-corrected chi connectivity index (χ2v) is 5.84. The molecule has 0 saturated heterocycles. The highest BCUT2D eigenvalue weighted by atomic mass is 16.2. The monoisotopic (exact) mass is 344 g/mol. The summed E-state index contributed by atoms with van der Waals surface area (Å²) in [6, 6.07) is 24.4. The molecule has 3 aromatic carbocycles. The Morgan fingerprint density at radius 2 is 1.31 bits per heavy atom. The van der Waals surface area contributed by atoms with Gasteiger partial charge in [0.2, 0.25) is 5.91 Å². The smallest absolute Gasteiger partial charge is 0.256 e. The molecule has 0 spiro atoms. The second-order valence-electron chi connectivity index (χ2n) is 5.84. The van der Waals surface area contributed by atoms with Crippen LogP contribution in [0.5, 0.6) is 0 Å². The molecule has 26 heavy (non-hydrogen) atoms. The Labute approximate surface area is 152 Å². The van der Waals surface area contributed by atoms with Crippen LogP contribution in [0.3, 0.4) is 0 Å². The van der Waals surface area contributed by atoms with Crippen LogP contribution in [0.1, 0.15) is 23.7 Å². The number of benzene rings is 3. The molecule has 0 unspecified atom stereocenters.